The van der Waals surface area contributed by atoms with Crippen LogP contribution in [-0.4, -0.2) is 37.9 Å². The molecule has 0 saturated heterocycles. The van der Waals surface area contributed by atoms with Crippen LogP contribution in [0.3, 0.4) is 0 Å². The topological polar surface area (TPSA) is 57.2 Å². The third-order valence-corrected chi connectivity index (χ3v) is 4.42. The minimum absolute atomic E-state index is 0.744. The highest BCUT2D eigenvalue weighted by Crippen LogP contribution is 2.21. The van der Waals surface area contributed by atoms with E-state index >= 15 is 0 Å². The zero-order chi connectivity index (χ0) is 15.4. The number of methoxy groups -OCH3 is 1. The van der Waals surface area contributed by atoms with E-state index in [9.17, 15) is 0 Å². The van der Waals surface area contributed by atoms with Crippen LogP contribution in [0.2, 0.25) is 0 Å². The van der Waals surface area contributed by atoms with E-state index in [-0.39, 0.29) is 0 Å². The number of pyridine rings is 1. The van der Waals surface area contributed by atoms with E-state index in [1.165, 1.54) is 5.56 Å². The van der Waals surface area contributed by atoms with Gasteiger partial charge in [0.05, 0.1) is 5.69 Å². The van der Waals surface area contributed by atoms with Gasteiger partial charge in [-0.3, -0.25) is 0 Å². The maximum absolute atomic E-state index is 5.08. The summed E-state index contributed by atoms with van der Waals surface area (Å²) >= 11 is 1.66. The number of ether oxygens (including phenoxy) is 1. The highest BCUT2D eigenvalue weighted by molar-refractivity contribution is 7.98. The Bertz CT molecular complexity index is 751. The number of aryl methyl sites for hydroxylation is 2. The van der Waals surface area contributed by atoms with Crippen molar-refractivity contribution in [3.05, 3.63) is 42.1 Å². The van der Waals surface area contributed by atoms with Crippen LogP contribution < -0.4 is 0 Å². The predicted octanol–water partition coefficient (Wildman–Crippen LogP) is 2.56. The lowest BCUT2D eigenvalue weighted by Gasteiger charge is -2.04. The van der Waals surface area contributed by atoms with Gasteiger partial charge in [-0.05, 0) is 25.0 Å². The fourth-order valence-electron chi connectivity index (χ4n) is 2.30. The van der Waals surface area contributed by atoms with Crippen molar-refractivity contribution >= 4 is 17.4 Å². The highest BCUT2D eigenvalue weighted by atomic mass is 32.2. The Morgan fingerprint density at radius 3 is 3.09 bits per heavy atom. The number of imidazole rings is 1. The molecule has 0 aromatic carbocycles. The van der Waals surface area contributed by atoms with E-state index in [2.05, 4.69) is 43.3 Å². The normalized spacial score (nSPS) is 11.4. The lowest BCUT2D eigenvalue weighted by atomic mass is 10.3. The van der Waals surface area contributed by atoms with Crippen LogP contribution >= 0.6 is 11.8 Å². The molecule has 0 bridgehead atoms. The Balaban J connectivity index is 1.66. The largest absolute Gasteiger partial charge is 0.385 e. The van der Waals surface area contributed by atoms with E-state index in [0.29, 0.717) is 0 Å². The van der Waals surface area contributed by atoms with Gasteiger partial charge in [-0.2, -0.15) is 0 Å². The first-order valence-corrected chi connectivity index (χ1v) is 8.19. The SMILES string of the molecule is COCCCn1cnnc1SCc1cn2cccc(C)c2n1. The molecule has 3 heterocycles. The fourth-order valence-corrected chi connectivity index (χ4v) is 3.13. The molecule has 0 N–H and O–H groups in total. The molecule has 0 fully saturated rings. The van der Waals surface area contributed by atoms with Gasteiger partial charge in [-0.25, -0.2) is 4.98 Å². The number of hydrogen-bond acceptors (Lipinski definition) is 5. The average molecular weight is 317 g/mol. The van der Waals surface area contributed by atoms with Gasteiger partial charge in [0.15, 0.2) is 5.16 Å². The molecular formula is C15H19N5OS. The van der Waals surface area contributed by atoms with Gasteiger partial charge in [0.25, 0.3) is 0 Å². The second kappa shape index (κ2) is 6.93. The molecule has 0 amide bonds. The summed E-state index contributed by atoms with van der Waals surface area (Å²) in [6.07, 6.45) is 6.82. The number of hydrogen-bond donors (Lipinski definition) is 0. The lowest BCUT2D eigenvalue weighted by Crippen LogP contribution is -2.02. The summed E-state index contributed by atoms with van der Waals surface area (Å²) in [5, 5.41) is 9.10. The van der Waals surface area contributed by atoms with Crippen molar-refractivity contribution in [1.82, 2.24) is 24.1 Å². The smallest absolute Gasteiger partial charge is 0.191 e. The minimum atomic E-state index is 0.744. The Hall–Kier alpha value is -1.86. The molecule has 7 heteroatoms. The van der Waals surface area contributed by atoms with Gasteiger partial charge in [0, 0.05) is 38.4 Å². The van der Waals surface area contributed by atoms with E-state index in [1.54, 1.807) is 25.2 Å². The first-order chi connectivity index (χ1) is 10.8. The maximum atomic E-state index is 5.08. The molecule has 0 unspecified atom stereocenters. The quantitative estimate of drug-likeness (QED) is 0.495. The standard InChI is InChI=1S/C15H19N5OS/c1-12-5-3-6-19-9-13(17-14(12)19)10-22-15-18-16-11-20(15)7-4-8-21-2/h3,5-6,9,11H,4,7-8,10H2,1-2H3. The van der Waals surface area contributed by atoms with Crippen LogP contribution in [0, 0.1) is 6.92 Å². The average Bonchev–Trinajstić information content (AvgIpc) is 3.12. The summed E-state index contributed by atoms with van der Waals surface area (Å²) in [4.78, 5) is 4.68. The van der Waals surface area contributed by atoms with Crippen molar-refractivity contribution in [1.29, 1.82) is 0 Å². The van der Waals surface area contributed by atoms with Crippen molar-refractivity contribution in [3.8, 4) is 0 Å². The summed E-state index contributed by atoms with van der Waals surface area (Å²) < 4.78 is 9.20. The molecule has 0 atom stereocenters. The summed E-state index contributed by atoms with van der Waals surface area (Å²) in [5.41, 5.74) is 3.24. The zero-order valence-electron chi connectivity index (χ0n) is 12.8. The van der Waals surface area contributed by atoms with Crippen molar-refractivity contribution in [2.24, 2.45) is 0 Å². The molecule has 0 aliphatic heterocycles. The Kier molecular flexibility index (Phi) is 4.74. The fraction of sp³-hybridized carbons (Fsp3) is 0.400. The first-order valence-electron chi connectivity index (χ1n) is 7.20. The van der Waals surface area contributed by atoms with E-state index in [4.69, 9.17) is 4.74 Å². The van der Waals surface area contributed by atoms with Crippen LogP contribution in [0.25, 0.3) is 5.65 Å². The molecule has 6 nitrogen and oxygen atoms in total. The number of fused-ring (bicyclic) bond motifs is 1. The molecule has 0 radical (unpaired) electrons. The monoisotopic (exact) mass is 317 g/mol. The number of aromatic nitrogens is 5. The summed E-state index contributed by atoms with van der Waals surface area (Å²) in [6.45, 7) is 3.69. The van der Waals surface area contributed by atoms with Gasteiger partial charge >= 0.3 is 0 Å². The van der Waals surface area contributed by atoms with Crippen molar-refractivity contribution in [3.63, 3.8) is 0 Å². The van der Waals surface area contributed by atoms with E-state index < -0.39 is 0 Å². The molecule has 3 aromatic rings. The number of rotatable bonds is 7. The molecule has 0 aliphatic carbocycles. The molecule has 3 aromatic heterocycles. The van der Waals surface area contributed by atoms with Gasteiger partial charge in [-0.15, -0.1) is 10.2 Å². The minimum Gasteiger partial charge on any atom is -0.385 e. The number of nitrogens with zero attached hydrogens (tertiary/aromatic N) is 5. The van der Waals surface area contributed by atoms with Crippen LogP contribution in [0.15, 0.2) is 36.0 Å². The molecular weight excluding hydrogens is 298 g/mol. The van der Waals surface area contributed by atoms with E-state index in [0.717, 1.165) is 41.8 Å². The van der Waals surface area contributed by atoms with Gasteiger partial charge in [-0.1, -0.05) is 17.8 Å². The Morgan fingerprint density at radius 1 is 1.36 bits per heavy atom. The van der Waals surface area contributed by atoms with Gasteiger partial charge in [0.2, 0.25) is 0 Å². The Labute approximate surface area is 133 Å². The summed E-state index contributed by atoms with van der Waals surface area (Å²) in [7, 11) is 1.72. The van der Waals surface area contributed by atoms with Crippen LogP contribution in [0.1, 0.15) is 17.7 Å². The summed E-state index contributed by atoms with van der Waals surface area (Å²) in [5.74, 6) is 0.782. The first kappa shape index (κ1) is 15.1. The highest BCUT2D eigenvalue weighted by Gasteiger charge is 2.08. The second-order valence-corrected chi connectivity index (χ2v) is 6.04. The zero-order valence-corrected chi connectivity index (χ0v) is 13.6. The lowest BCUT2D eigenvalue weighted by molar-refractivity contribution is 0.189. The molecule has 22 heavy (non-hydrogen) atoms. The third kappa shape index (κ3) is 3.31. The van der Waals surface area contributed by atoms with Gasteiger partial charge < -0.3 is 13.7 Å². The Morgan fingerprint density at radius 2 is 2.27 bits per heavy atom. The summed E-state index contributed by atoms with van der Waals surface area (Å²) in [6, 6.07) is 4.11. The van der Waals surface area contributed by atoms with Gasteiger partial charge in [0.1, 0.15) is 12.0 Å². The van der Waals surface area contributed by atoms with Crippen molar-refractivity contribution in [2.45, 2.75) is 30.8 Å². The number of thioether (sulfide) groups is 1. The van der Waals surface area contributed by atoms with Crippen LogP contribution in [-0.2, 0) is 17.0 Å². The van der Waals surface area contributed by atoms with Crippen LogP contribution in [0.5, 0.6) is 0 Å². The molecule has 0 aliphatic rings. The third-order valence-electron chi connectivity index (χ3n) is 3.40. The van der Waals surface area contributed by atoms with Crippen molar-refractivity contribution in [2.75, 3.05) is 13.7 Å². The molecule has 0 saturated carbocycles. The van der Waals surface area contributed by atoms with E-state index in [1.807, 2.05) is 12.3 Å². The molecule has 116 valence electrons. The second-order valence-electron chi connectivity index (χ2n) is 5.10. The molecule has 0 spiro atoms. The maximum Gasteiger partial charge on any atom is 0.191 e. The molecule has 3 rings (SSSR count). The van der Waals surface area contributed by atoms with Crippen LogP contribution in [0.4, 0.5) is 0 Å². The van der Waals surface area contributed by atoms with Crippen molar-refractivity contribution < 1.29 is 4.74 Å². The predicted molar refractivity (Wildman–Crippen MR) is 86.0 cm³/mol.